The number of hydrogen-bond donors (Lipinski definition) is 5. The lowest BCUT2D eigenvalue weighted by Crippen LogP contribution is -2.27. The molecule has 5 N–H and O–H groups in total. The highest BCUT2D eigenvalue weighted by molar-refractivity contribution is 7.92. The van der Waals surface area contributed by atoms with Gasteiger partial charge in [-0.2, -0.15) is 0 Å². The van der Waals surface area contributed by atoms with Crippen LogP contribution in [0.4, 0.5) is 5.69 Å². The Morgan fingerprint density at radius 2 is 1.45 bits per heavy atom. The molecule has 0 radical (unpaired) electrons. The highest BCUT2D eigenvalue weighted by atomic mass is 35.5. The van der Waals surface area contributed by atoms with Gasteiger partial charge in [0.05, 0.1) is 45.4 Å². The molecule has 0 saturated carbocycles. The average molecular weight is 980 g/mol. The van der Waals surface area contributed by atoms with Gasteiger partial charge in [0.25, 0.3) is 15.9 Å². The summed E-state index contributed by atoms with van der Waals surface area (Å²) in [6.07, 6.45) is 7.81. The number of nitrogens with one attached hydrogen (secondary N) is 4. The number of benzene rings is 5. The van der Waals surface area contributed by atoms with Crippen molar-refractivity contribution in [2.24, 2.45) is 14.1 Å². The number of hydrogen-bond acceptors (Lipinski definition) is 9. The topological polar surface area (TPSA) is 212 Å². The van der Waals surface area contributed by atoms with Gasteiger partial charge < -0.3 is 34.9 Å². The molecular formula is C51H55ClN6O10S. The molecule has 0 unspecified atom stereocenters. The van der Waals surface area contributed by atoms with Gasteiger partial charge in [0, 0.05) is 67.4 Å². The lowest BCUT2D eigenvalue weighted by molar-refractivity contribution is -0.121. The number of imidazole rings is 1. The predicted molar refractivity (Wildman–Crippen MR) is 267 cm³/mol. The highest BCUT2D eigenvalue weighted by Crippen LogP contribution is 2.37. The van der Waals surface area contributed by atoms with E-state index in [-0.39, 0.29) is 39.1 Å². The van der Waals surface area contributed by atoms with E-state index in [4.69, 9.17) is 25.8 Å². The van der Waals surface area contributed by atoms with E-state index in [1.54, 1.807) is 80.8 Å². The number of carbonyl (C=O) groups is 3. The van der Waals surface area contributed by atoms with Crippen molar-refractivity contribution in [3.8, 4) is 34.1 Å². The number of carboxylic acids is 1. The maximum absolute atomic E-state index is 13.9. The number of sulfonamides is 1. The summed E-state index contributed by atoms with van der Waals surface area (Å²) in [6.45, 7) is 3.58. The summed E-state index contributed by atoms with van der Waals surface area (Å²) in [5.74, 6) is 0.311. The molecule has 16 nitrogen and oxygen atoms in total. The molecule has 0 bridgehead atoms. The number of rotatable bonds is 24. The van der Waals surface area contributed by atoms with Gasteiger partial charge in [-0.25, -0.2) is 18.0 Å². The first-order valence-corrected chi connectivity index (χ1v) is 24.6. The SMILES string of the molecule is CCCOc1cccc(Oc2cc3c(cc2NS(=O)(=O)c2cccc(C(=O)NCCCCCCCCC(=O)NCCOc4ccc(-c5cc6c(C(=O)O)c[nH]c6cc5Cl)cc4)c2)n(C)c(=O)n3C)c1. The molecule has 0 aliphatic heterocycles. The lowest BCUT2D eigenvalue weighted by atomic mass is 10.0. The Morgan fingerprint density at radius 3 is 2.20 bits per heavy atom. The van der Waals surface area contributed by atoms with Gasteiger partial charge in [0.15, 0.2) is 5.75 Å². The zero-order valence-corrected chi connectivity index (χ0v) is 40.2. The number of amides is 2. The number of anilines is 1. The number of aromatic nitrogens is 3. The first-order valence-electron chi connectivity index (χ1n) is 22.8. The summed E-state index contributed by atoms with van der Waals surface area (Å²) in [6, 6.07) is 26.7. The second kappa shape index (κ2) is 22.7. The summed E-state index contributed by atoms with van der Waals surface area (Å²) in [4.78, 5) is 52.7. The van der Waals surface area contributed by atoms with Crippen LogP contribution in [0.25, 0.3) is 33.1 Å². The van der Waals surface area contributed by atoms with Gasteiger partial charge in [-0.1, -0.05) is 68.5 Å². The number of aryl methyl sites for hydroxylation is 2. The maximum Gasteiger partial charge on any atom is 0.337 e. The molecule has 0 aliphatic rings. The van der Waals surface area contributed by atoms with Gasteiger partial charge in [-0.3, -0.25) is 23.4 Å². The van der Waals surface area contributed by atoms with Gasteiger partial charge in [-0.15, -0.1) is 0 Å². The Morgan fingerprint density at radius 1 is 0.754 bits per heavy atom. The Balaban J connectivity index is 0.804. The van der Waals surface area contributed by atoms with E-state index in [2.05, 4.69) is 20.3 Å². The Hall–Kier alpha value is -7.24. The monoisotopic (exact) mass is 978 g/mol. The summed E-state index contributed by atoms with van der Waals surface area (Å²) in [5.41, 5.74) is 3.35. The molecular weight excluding hydrogens is 924 g/mol. The van der Waals surface area contributed by atoms with E-state index in [9.17, 15) is 32.7 Å². The molecule has 2 amide bonds. The Kier molecular flexibility index (Phi) is 16.3. The van der Waals surface area contributed by atoms with Crippen molar-refractivity contribution < 1.29 is 42.1 Å². The van der Waals surface area contributed by atoms with E-state index in [0.717, 1.165) is 50.5 Å². The van der Waals surface area contributed by atoms with E-state index >= 15 is 0 Å². The number of ether oxygens (including phenoxy) is 3. The number of nitrogens with zero attached hydrogens (tertiary/aromatic N) is 2. The van der Waals surface area contributed by atoms with Gasteiger partial charge >= 0.3 is 11.7 Å². The van der Waals surface area contributed by atoms with Crippen LogP contribution >= 0.6 is 11.6 Å². The van der Waals surface area contributed by atoms with Crippen molar-refractivity contribution >= 4 is 67.0 Å². The number of aromatic amines is 1. The number of carbonyl (C=O) groups excluding carboxylic acids is 2. The molecule has 0 spiro atoms. The fourth-order valence-corrected chi connectivity index (χ4v) is 9.19. The molecule has 5 aromatic carbocycles. The van der Waals surface area contributed by atoms with Crippen molar-refractivity contribution in [1.29, 1.82) is 0 Å². The van der Waals surface area contributed by atoms with Crippen LogP contribution in [0.15, 0.2) is 113 Å². The third-order valence-electron chi connectivity index (χ3n) is 11.5. The summed E-state index contributed by atoms with van der Waals surface area (Å²) < 4.78 is 51.0. The van der Waals surface area contributed by atoms with Gasteiger partial charge in [-0.05, 0) is 85.5 Å². The van der Waals surface area contributed by atoms with Crippen molar-refractivity contribution in [1.82, 2.24) is 24.8 Å². The van der Waals surface area contributed by atoms with Crippen LogP contribution in [-0.2, 0) is 28.9 Å². The second-order valence-electron chi connectivity index (χ2n) is 16.5. The highest BCUT2D eigenvalue weighted by Gasteiger charge is 2.22. The third-order valence-corrected chi connectivity index (χ3v) is 13.2. The minimum absolute atomic E-state index is 0.0458. The molecule has 362 valence electrons. The quantitative estimate of drug-likeness (QED) is 0.0362. The number of H-pyrrole nitrogens is 1. The van der Waals surface area contributed by atoms with Crippen LogP contribution in [0, 0.1) is 0 Å². The fourth-order valence-electron chi connectivity index (χ4n) is 7.81. The molecule has 0 fully saturated rings. The van der Waals surface area contributed by atoms with E-state index < -0.39 is 21.9 Å². The minimum atomic E-state index is -4.24. The molecule has 2 heterocycles. The standard InChI is InChI=1S/C51H55ClN6O10S/c1-4-24-66-36-14-12-15-37(27-36)68-47-31-46-45(57(2)51(63)58(46)3)30-44(47)56-69(64,65)38-16-11-13-34(26-38)49(60)54-22-10-8-6-5-7-9-17-48(59)53-23-25-67-35-20-18-33(19-21-35)39-28-40-41(50(61)62)32-55-43(40)29-42(39)52/h11-16,18-21,26-32,55-56H,4-10,17,22-25H2,1-3H3,(H,53,59)(H,54,60)(H,61,62). The minimum Gasteiger partial charge on any atom is -0.493 e. The van der Waals surface area contributed by atoms with Crippen LogP contribution in [0.1, 0.15) is 79.0 Å². The molecule has 7 aromatic rings. The third kappa shape index (κ3) is 12.5. The normalized spacial score (nSPS) is 11.4. The van der Waals surface area contributed by atoms with Crippen molar-refractivity contribution in [2.45, 2.75) is 63.2 Å². The van der Waals surface area contributed by atoms with Crippen LogP contribution in [0.3, 0.4) is 0 Å². The zero-order valence-electron chi connectivity index (χ0n) is 38.6. The number of halogens is 1. The first-order chi connectivity index (χ1) is 33.2. The van der Waals surface area contributed by atoms with Crippen LogP contribution in [-0.4, -0.2) is 71.7 Å². The van der Waals surface area contributed by atoms with E-state index in [0.29, 0.717) is 82.5 Å². The average Bonchev–Trinajstić information content (AvgIpc) is 3.85. The van der Waals surface area contributed by atoms with E-state index in [1.807, 2.05) is 19.1 Å². The van der Waals surface area contributed by atoms with E-state index in [1.165, 1.54) is 33.5 Å². The summed E-state index contributed by atoms with van der Waals surface area (Å²) in [7, 11) is -1.02. The van der Waals surface area contributed by atoms with Gasteiger partial charge in [0.2, 0.25) is 5.91 Å². The number of unbranched alkanes of at least 4 members (excludes halogenated alkanes) is 5. The van der Waals surface area contributed by atoms with Crippen molar-refractivity contribution in [3.63, 3.8) is 0 Å². The molecule has 0 atom stereocenters. The summed E-state index contributed by atoms with van der Waals surface area (Å²) >= 11 is 6.50. The second-order valence-corrected chi connectivity index (χ2v) is 18.6. The molecule has 2 aromatic heterocycles. The Labute approximate surface area is 404 Å². The number of carboxylic acid groups (broad SMARTS) is 1. The molecule has 0 saturated heterocycles. The fraction of sp³-hybridized carbons (Fsp3) is 0.294. The largest absolute Gasteiger partial charge is 0.493 e. The van der Waals surface area contributed by atoms with Crippen molar-refractivity contribution in [2.75, 3.05) is 31.0 Å². The molecule has 0 aliphatic carbocycles. The first kappa shape index (κ1) is 49.7. The van der Waals surface area contributed by atoms with Crippen molar-refractivity contribution in [3.05, 3.63) is 130 Å². The molecule has 7 rings (SSSR count). The lowest BCUT2D eigenvalue weighted by Gasteiger charge is -2.15. The molecule has 18 heteroatoms. The summed E-state index contributed by atoms with van der Waals surface area (Å²) in [5, 5.41) is 16.3. The zero-order chi connectivity index (χ0) is 49.1. The van der Waals surface area contributed by atoms with Crippen LogP contribution in [0.5, 0.6) is 23.0 Å². The Bertz CT molecular complexity index is 3140. The number of aromatic carboxylic acids is 1. The smallest absolute Gasteiger partial charge is 0.337 e. The number of fused-ring (bicyclic) bond motifs is 2. The molecule has 69 heavy (non-hydrogen) atoms. The predicted octanol–water partition coefficient (Wildman–Crippen LogP) is 9.41. The van der Waals surface area contributed by atoms with Crippen LogP contribution < -0.4 is 35.3 Å². The van der Waals surface area contributed by atoms with Gasteiger partial charge in [0.1, 0.15) is 23.9 Å². The maximum atomic E-state index is 13.9. The van der Waals surface area contributed by atoms with Crippen LogP contribution in [0.2, 0.25) is 5.02 Å².